The van der Waals surface area contributed by atoms with Crippen molar-refractivity contribution in [2.24, 2.45) is 20.9 Å². The van der Waals surface area contributed by atoms with Crippen LogP contribution in [0.3, 0.4) is 0 Å². The SMILES string of the molecule is Cc1cc(NC2=NC(Nc3ccccc3S(=O)(=O)C(C)C)C3C=CC=NC3=N2)c(OC(C)C)cc1C1CCNCC1. The van der Waals surface area contributed by atoms with Crippen molar-refractivity contribution in [3.05, 3.63) is 59.7 Å². The monoisotopic (exact) mass is 576 g/mol. The number of sulfone groups is 1. The topological polar surface area (TPSA) is 117 Å². The van der Waals surface area contributed by atoms with Gasteiger partial charge in [-0.1, -0.05) is 18.2 Å². The highest BCUT2D eigenvalue weighted by molar-refractivity contribution is 7.92. The molecule has 3 aliphatic heterocycles. The Morgan fingerprint density at radius 1 is 1.05 bits per heavy atom. The molecule has 0 bridgehead atoms. The number of dihydropyridines is 1. The van der Waals surface area contributed by atoms with E-state index >= 15 is 0 Å². The van der Waals surface area contributed by atoms with Crippen LogP contribution in [-0.2, 0) is 9.84 Å². The Bertz CT molecular complexity index is 1500. The number of ether oxygens (including phenoxy) is 1. The summed E-state index contributed by atoms with van der Waals surface area (Å²) in [5.74, 6) is 1.98. The van der Waals surface area contributed by atoms with E-state index in [9.17, 15) is 8.42 Å². The molecule has 2 atom stereocenters. The molecule has 2 aromatic carbocycles. The summed E-state index contributed by atoms with van der Waals surface area (Å²) in [6.45, 7) is 11.6. The van der Waals surface area contributed by atoms with Crippen LogP contribution in [0.25, 0.3) is 0 Å². The number of guanidine groups is 1. The predicted octanol–water partition coefficient (Wildman–Crippen LogP) is 5.31. The number of nitrogens with zero attached hydrogens (tertiary/aromatic N) is 3. The summed E-state index contributed by atoms with van der Waals surface area (Å²) in [6, 6.07) is 11.2. The Kier molecular flexibility index (Phi) is 8.60. The number of amidine groups is 1. The molecule has 5 rings (SSSR count). The summed E-state index contributed by atoms with van der Waals surface area (Å²) < 4.78 is 32.5. The first-order chi connectivity index (χ1) is 19.6. The molecule has 0 saturated carbocycles. The number of hydrogen-bond donors (Lipinski definition) is 3. The van der Waals surface area contributed by atoms with Gasteiger partial charge in [0, 0.05) is 6.21 Å². The molecule has 3 aliphatic rings. The van der Waals surface area contributed by atoms with E-state index in [2.05, 4.69) is 40.0 Å². The third-order valence-corrected chi connectivity index (χ3v) is 9.82. The molecule has 218 valence electrons. The van der Waals surface area contributed by atoms with Crippen molar-refractivity contribution in [2.75, 3.05) is 23.7 Å². The Hall–Kier alpha value is -3.50. The summed E-state index contributed by atoms with van der Waals surface area (Å²) in [5.41, 5.74) is 3.80. The number of aliphatic imine (C=N–C) groups is 3. The molecule has 2 unspecified atom stereocenters. The van der Waals surface area contributed by atoms with Gasteiger partial charge >= 0.3 is 0 Å². The average Bonchev–Trinajstić information content (AvgIpc) is 2.95. The van der Waals surface area contributed by atoms with Crippen LogP contribution in [-0.4, -0.2) is 57.0 Å². The zero-order valence-electron chi connectivity index (χ0n) is 24.4. The zero-order chi connectivity index (χ0) is 29.1. The van der Waals surface area contributed by atoms with Crippen molar-refractivity contribution in [3.63, 3.8) is 0 Å². The molecule has 0 radical (unpaired) electrons. The van der Waals surface area contributed by atoms with Gasteiger partial charge in [0.15, 0.2) is 9.84 Å². The molecule has 9 nitrogen and oxygen atoms in total. The lowest BCUT2D eigenvalue weighted by Gasteiger charge is -2.30. The average molecular weight is 577 g/mol. The van der Waals surface area contributed by atoms with Crippen LogP contribution in [0, 0.1) is 12.8 Å². The maximum absolute atomic E-state index is 13.1. The molecule has 0 spiro atoms. The first-order valence-electron chi connectivity index (χ1n) is 14.4. The summed E-state index contributed by atoms with van der Waals surface area (Å²) in [4.78, 5) is 14.4. The minimum absolute atomic E-state index is 0.00924. The van der Waals surface area contributed by atoms with Gasteiger partial charge in [0.05, 0.1) is 33.5 Å². The number of nitrogens with one attached hydrogen (secondary N) is 3. The fourth-order valence-corrected chi connectivity index (χ4v) is 6.65. The Labute approximate surface area is 243 Å². The Morgan fingerprint density at radius 2 is 1.80 bits per heavy atom. The standard InChI is InChI=1S/C31H40N6O3S/c1-19(2)40-27-18-24(22-12-15-32-16-13-22)21(5)17-26(27)35-31-36-29-23(9-8-14-33-29)30(37-31)34-25-10-6-7-11-28(25)41(38,39)20(3)4/h6-11,14,17-20,22-23,30,32,34H,12-13,15-16H2,1-5H3,(H,35,37). The molecule has 1 saturated heterocycles. The van der Waals surface area contributed by atoms with Crippen LogP contribution in [0.5, 0.6) is 5.75 Å². The molecule has 2 aromatic rings. The maximum Gasteiger partial charge on any atom is 0.226 e. The van der Waals surface area contributed by atoms with Crippen molar-refractivity contribution in [3.8, 4) is 5.75 Å². The number of rotatable bonds is 8. The van der Waals surface area contributed by atoms with Gasteiger partial charge < -0.3 is 20.7 Å². The van der Waals surface area contributed by atoms with E-state index in [4.69, 9.17) is 14.7 Å². The molecule has 0 aromatic heterocycles. The normalized spacial score (nSPS) is 21.0. The number of benzene rings is 2. The summed E-state index contributed by atoms with van der Waals surface area (Å²) >= 11 is 0. The maximum atomic E-state index is 13.1. The molecule has 1 fully saturated rings. The van der Waals surface area contributed by atoms with E-state index in [0.717, 1.165) is 37.4 Å². The Balaban J connectivity index is 1.49. The smallest absolute Gasteiger partial charge is 0.226 e. The van der Waals surface area contributed by atoms with Crippen LogP contribution >= 0.6 is 0 Å². The first-order valence-corrected chi connectivity index (χ1v) is 15.9. The highest BCUT2D eigenvalue weighted by atomic mass is 32.2. The highest BCUT2D eigenvalue weighted by Crippen LogP contribution is 2.37. The minimum atomic E-state index is -3.51. The third kappa shape index (κ3) is 6.38. The van der Waals surface area contributed by atoms with Gasteiger partial charge in [-0.2, -0.15) is 4.99 Å². The number of allylic oxidation sites excluding steroid dienone is 1. The van der Waals surface area contributed by atoms with Gasteiger partial charge in [0.25, 0.3) is 0 Å². The van der Waals surface area contributed by atoms with Crippen LogP contribution in [0.4, 0.5) is 11.4 Å². The molecular weight excluding hydrogens is 536 g/mol. The second kappa shape index (κ2) is 12.2. The second-order valence-corrected chi connectivity index (χ2v) is 13.8. The molecule has 0 amide bonds. The van der Waals surface area contributed by atoms with Crippen molar-refractivity contribution in [1.82, 2.24) is 5.32 Å². The lowest BCUT2D eigenvalue weighted by Crippen LogP contribution is -2.38. The zero-order valence-corrected chi connectivity index (χ0v) is 25.2. The van der Waals surface area contributed by atoms with Gasteiger partial charge in [-0.15, -0.1) is 0 Å². The molecule has 3 heterocycles. The van der Waals surface area contributed by atoms with E-state index in [0.29, 0.717) is 23.4 Å². The number of hydrogen-bond acceptors (Lipinski definition) is 9. The lowest BCUT2D eigenvalue weighted by atomic mass is 9.87. The second-order valence-electron chi connectivity index (χ2n) is 11.3. The lowest BCUT2D eigenvalue weighted by molar-refractivity contribution is 0.243. The molecule has 3 N–H and O–H groups in total. The Morgan fingerprint density at radius 3 is 2.54 bits per heavy atom. The van der Waals surface area contributed by atoms with Crippen LogP contribution in [0.15, 0.2) is 68.4 Å². The van der Waals surface area contributed by atoms with Crippen molar-refractivity contribution in [2.45, 2.75) is 75.8 Å². The van der Waals surface area contributed by atoms with Crippen LogP contribution < -0.4 is 20.7 Å². The van der Waals surface area contributed by atoms with Crippen molar-refractivity contribution >= 4 is 39.2 Å². The number of fused-ring (bicyclic) bond motifs is 1. The van der Waals surface area contributed by atoms with E-state index in [1.807, 2.05) is 32.1 Å². The summed E-state index contributed by atoms with van der Waals surface area (Å²) in [6.07, 6.45) is 7.22. The molecule has 0 aliphatic carbocycles. The number of aryl methyl sites for hydroxylation is 1. The third-order valence-electron chi connectivity index (χ3n) is 7.61. The van der Waals surface area contributed by atoms with E-state index < -0.39 is 21.3 Å². The summed E-state index contributed by atoms with van der Waals surface area (Å²) in [7, 11) is -3.51. The number of piperidine rings is 1. The van der Waals surface area contributed by atoms with Crippen molar-refractivity contribution < 1.29 is 13.2 Å². The minimum Gasteiger partial charge on any atom is -0.489 e. The van der Waals surface area contributed by atoms with E-state index in [1.165, 1.54) is 11.1 Å². The van der Waals surface area contributed by atoms with Crippen LogP contribution in [0.1, 0.15) is 57.6 Å². The van der Waals surface area contributed by atoms with Gasteiger partial charge in [0.2, 0.25) is 5.96 Å². The fourth-order valence-electron chi connectivity index (χ4n) is 5.44. The highest BCUT2D eigenvalue weighted by Gasteiger charge is 2.32. The first kappa shape index (κ1) is 29.0. The van der Waals surface area contributed by atoms with E-state index in [-0.39, 0.29) is 16.9 Å². The number of para-hydroxylation sites is 1. The predicted molar refractivity (Wildman–Crippen MR) is 168 cm³/mol. The van der Waals surface area contributed by atoms with Gasteiger partial charge in [-0.3, -0.25) is 0 Å². The van der Waals surface area contributed by atoms with Gasteiger partial charge in [-0.05, 0) is 108 Å². The van der Waals surface area contributed by atoms with Crippen LogP contribution in [0.2, 0.25) is 0 Å². The van der Waals surface area contributed by atoms with Gasteiger partial charge in [0.1, 0.15) is 17.8 Å². The molecule has 41 heavy (non-hydrogen) atoms. The summed E-state index contributed by atoms with van der Waals surface area (Å²) in [5, 5.41) is 9.69. The van der Waals surface area contributed by atoms with Crippen molar-refractivity contribution in [1.29, 1.82) is 0 Å². The molecule has 10 heteroatoms. The fraction of sp³-hybridized carbons (Fsp3) is 0.452. The van der Waals surface area contributed by atoms with E-state index in [1.54, 1.807) is 38.3 Å². The van der Waals surface area contributed by atoms with Gasteiger partial charge in [-0.25, -0.2) is 18.4 Å². The quantitative estimate of drug-likeness (QED) is 0.392. The molecular formula is C31H40N6O3S. The largest absolute Gasteiger partial charge is 0.489 e. The number of anilines is 2.